The van der Waals surface area contributed by atoms with Crippen molar-refractivity contribution in [2.75, 3.05) is 11.9 Å². The normalized spacial score (nSPS) is 14.0. The minimum atomic E-state index is -1.20. The molecule has 29 heavy (non-hydrogen) atoms. The van der Waals surface area contributed by atoms with Gasteiger partial charge in [0.15, 0.2) is 17.5 Å². The zero-order valence-electron chi connectivity index (χ0n) is 14.8. The van der Waals surface area contributed by atoms with E-state index in [0.29, 0.717) is 21.8 Å². The van der Waals surface area contributed by atoms with Crippen molar-refractivity contribution in [3.63, 3.8) is 0 Å². The number of aromatic carboxylic acids is 1. The number of aromatic nitrogens is 2. The van der Waals surface area contributed by atoms with Crippen molar-refractivity contribution >= 4 is 56.7 Å². The molecule has 1 aromatic carbocycles. The molecular formula is C18H13N3O6S2. The van der Waals surface area contributed by atoms with Crippen molar-refractivity contribution in [2.45, 2.75) is 17.3 Å². The van der Waals surface area contributed by atoms with E-state index in [2.05, 4.69) is 15.3 Å². The molecule has 0 saturated heterocycles. The molecule has 0 radical (unpaired) electrons. The van der Waals surface area contributed by atoms with Crippen LogP contribution in [0.2, 0.25) is 0 Å². The largest absolute Gasteiger partial charge is 0.482 e. The number of amides is 1. The van der Waals surface area contributed by atoms with Crippen LogP contribution in [0.4, 0.5) is 5.69 Å². The van der Waals surface area contributed by atoms with Crippen LogP contribution in [0, 0.1) is 0 Å². The zero-order valence-corrected chi connectivity index (χ0v) is 16.5. The van der Waals surface area contributed by atoms with Crippen LogP contribution in [0.15, 0.2) is 33.5 Å². The number of hydrogen-bond donors (Lipinski definition) is 3. The smallest absolute Gasteiger partial charge is 0.337 e. The average molecular weight is 431 g/mol. The highest BCUT2D eigenvalue weighted by Gasteiger charge is 2.23. The number of carboxylic acids is 1. The molecule has 0 saturated carbocycles. The summed E-state index contributed by atoms with van der Waals surface area (Å²) in [5.74, 6) is -1.23. The molecule has 1 atom stereocenters. The van der Waals surface area contributed by atoms with E-state index in [9.17, 15) is 19.2 Å². The highest BCUT2D eigenvalue weighted by molar-refractivity contribution is 8.00. The van der Waals surface area contributed by atoms with Gasteiger partial charge < -0.3 is 20.1 Å². The molecule has 2 aromatic heterocycles. The highest BCUT2D eigenvalue weighted by atomic mass is 32.2. The van der Waals surface area contributed by atoms with Crippen LogP contribution in [-0.2, 0) is 4.79 Å². The van der Waals surface area contributed by atoms with Gasteiger partial charge in [-0.05, 0) is 25.1 Å². The number of anilines is 1. The summed E-state index contributed by atoms with van der Waals surface area (Å²) in [4.78, 5) is 54.8. The lowest BCUT2D eigenvalue weighted by molar-refractivity contribution is -0.118. The van der Waals surface area contributed by atoms with Crippen molar-refractivity contribution in [3.05, 3.63) is 45.1 Å². The number of carbonyl (C=O) groups is 3. The molecule has 1 unspecified atom stereocenters. The number of carbonyl (C=O) groups excluding carboxylic acids is 2. The van der Waals surface area contributed by atoms with E-state index in [1.165, 1.54) is 5.38 Å². The molecule has 1 aliphatic rings. The second-order valence-corrected chi connectivity index (χ2v) is 8.37. The van der Waals surface area contributed by atoms with Gasteiger partial charge in [0.2, 0.25) is 0 Å². The number of rotatable bonds is 5. The molecule has 4 rings (SSSR count). The fourth-order valence-electron chi connectivity index (χ4n) is 2.83. The van der Waals surface area contributed by atoms with Crippen LogP contribution in [0.5, 0.6) is 5.75 Å². The van der Waals surface area contributed by atoms with Crippen molar-refractivity contribution in [1.82, 2.24) is 9.97 Å². The maximum atomic E-state index is 12.8. The molecule has 0 bridgehead atoms. The van der Waals surface area contributed by atoms with Crippen molar-refractivity contribution in [2.24, 2.45) is 0 Å². The molecular weight excluding hydrogens is 418 g/mol. The Morgan fingerprint density at radius 3 is 2.90 bits per heavy atom. The van der Waals surface area contributed by atoms with Crippen LogP contribution < -0.4 is 15.6 Å². The molecule has 3 heterocycles. The first-order chi connectivity index (χ1) is 13.8. The van der Waals surface area contributed by atoms with E-state index in [4.69, 9.17) is 9.84 Å². The van der Waals surface area contributed by atoms with Crippen LogP contribution in [0.3, 0.4) is 0 Å². The number of thiophene rings is 1. The first-order valence-electron chi connectivity index (χ1n) is 8.36. The standard InChI is InChI=1S/C18H13N3O6S2/c1-7(14(23)8-2-3-11-10(4-8)19-12(22)5-27-11)29-18-20-15(24)13-9(17(25)26)6-28-16(13)21-18/h2-4,6-7H,5H2,1H3,(H,19,22)(H,25,26)(H,20,21,24). The molecule has 0 spiro atoms. The Kier molecular flexibility index (Phi) is 4.84. The molecule has 9 nitrogen and oxygen atoms in total. The van der Waals surface area contributed by atoms with Gasteiger partial charge in [0.05, 0.1) is 21.9 Å². The summed E-state index contributed by atoms with van der Waals surface area (Å²) < 4.78 is 5.28. The van der Waals surface area contributed by atoms with Crippen LogP contribution >= 0.6 is 23.1 Å². The van der Waals surface area contributed by atoms with Gasteiger partial charge in [-0.2, -0.15) is 0 Å². The van der Waals surface area contributed by atoms with Gasteiger partial charge in [-0.25, -0.2) is 9.78 Å². The fraction of sp³-hybridized carbons (Fsp3) is 0.167. The minimum absolute atomic E-state index is 0.0243. The lowest BCUT2D eigenvalue weighted by Gasteiger charge is -2.19. The molecule has 3 aromatic rings. The summed E-state index contributed by atoms with van der Waals surface area (Å²) in [5.41, 5.74) is 0.140. The lowest BCUT2D eigenvalue weighted by atomic mass is 10.1. The molecule has 148 valence electrons. The molecule has 0 aliphatic carbocycles. The van der Waals surface area contributed by atoms with Gasteiger partial charge in [0.1, 0.15) is 10.6 Å². The van der Waals surface area contributed by atoms with Gasteiger partial charge in [0, 0.05) is 10.9 Å². The monoisotopic (exact) mass is 431 g/mol. The molecule has 1 aliphatic heterocycles. The Balaban J connectivity index is 1.58. The number of nitrogens with zero attached hydrogens (tertiary/aromatic N) is 1. The van der Waals surface area contributed by atoms with Crippen molar-refractivity contribution < 1.29 is 24.2 Å². The van der Waals surface area contributed by atoms with E-state index >= 15 is 0 Å². The number of fused-ring (bicyclic) bond motifs is 2. The molecule has 3 N–H and O–H groups in total. The van der Waals surface area contributed by atoms with Crippen molar-refractivity contribution in [1.29, 1.82) is 0 Å². The van der Waals surface area contributed by atoms with E-state index in [1.54, 1.807) is 25.1 Å². The average Bonchev–Trinajstić information content (AvgIpc) is 3.11. The number of aromatic amines is 1. The van der Waals surface area contributed by atoms with E-state index in [0.717, 1.165) is 23.1 Å². The molecule has 11 heteroatoms. The summed E-state index contributed by atoms with van der Waals surface area (Å²) >= 11 is 2.11. The summed E-state index contributed by atoms with van der Waals surface area (Å²) in [7, 11) is 0. The van der Waals surface area contributed by atoms with Crippen LogP contribution in [0.25, 0.3) is 10.2 Å². The topological polar surface area (TPSA) is 138 Å². The van der Waals surface area contributed by atoms with Gasteiger partial charge >= 0.3 is 5.97 Å². The zero-order chi connectivity index (χ0) is 20.7. The van der Waals surface area contributed by atoms with Gasteiger partial charge in [-0.3, -0.25) is 14.4 Å². The number of H-pyrrole nitrogens is 1. The minimum Gasteiger partial charge on any atom is -0.482 e. The SMILES string of the molecule is CC(Sc1nc2scc(C(=O)O)c2c(=O)[nH]1)C(=O)c1ccc2c(c1)NC(=O)CO2. The molecule has 0 fully saturated rings. The maximum Gasteiger partial charge on any atom is 0.337 e. The van der Waals surface area contributed by atoms with Crippen LogP contribution in [-0.4, -0.2) is 44.6 Å². The van der Waals surface area contributed by atoms with E-state index < -0.39 is 16.8 Å². The Morgan fingerprint density at radius 2 is 2.14 bits per heavy atom. The predicted octanol–water partition coefficient (Wildman–Crippen LogP) is 2.38. The lowest BCUT2D eigenvalue weighted by Crippen LogP contribution is -2.26. The van der Waals surface area contributed by atoms with Crippen LogP contribution in [0.1, 0.15) is 27.6 Å². The number of benzene rings is 1. The highest BCUT2D eigenvalue weighted by Crippen LogP contribution is 2.31. The van der Waals surface area contributed by atoms with Gasteiger partial charge in [-0.15, -0.1) is 11.3 Å². The summed E-state index contributed by atoms with van der Waals surface area (Å²) in [6.45, 7) is 1.60. The number of nitrogens with one attached hydrogen (secondary N) is 2. The van der Waals surface area contributed by atoms with Crippen molar-refractivity contribution in [3.8, 4) is 5.75 Å². The first-order valence-corrected chi connectivity index (χ1v) is 10.1. The fourth-order valence-corrected chi connectivity index (χ4v) is 4.68. The number of thioether (sulfide) groups is 1. The van der Waals surface area contributed by atoms with E-state index in [-0.39, 0.29) is 34.4 Å². The third-order valence-electron chi connectivity index (χ3n) is 4.21. The Labute approximate surface area is 171 Å². The number of Topliss-reactive ketones (excluding diaryl/α,β-unsaturated/α-hetero) is 1. The summed E-state index contributed by atoms with van der Waals surface area (Å²) in [6.07, 6.45) is 0. The first kappa shape index (κ1) is 19.2. The molecule has 1 amide bonds. The number of ether oxygens (including phenoxy) is 1. The summed E-state index contributed by atoms with van der Waals surface area (Å²) in [5, 5.41) is 12.8. The second kappa shape index (κ2) is 7.33. The Hall–Kier alpha value is -3.18. The number of ketones is 1. The number of carboxylic acid groups (broad SMARTS) is 1. The third kappa shape index (κ3) is 3.61. The Bertz CT molecular complexity index is 1230. The Morgan fingerprint density at radius 1 is 1.34 bits per heavy atom. The third-order valence-corrected chi connectivity index (χ3v) is 6.06. The quantitative estimate of drug-likeness (QED) is 0.318. The predicted molar refractivity (Wildman–Crippen MR) is 107 cm³/mol. The van der Waals surface area contributed by atoms with Gasteiger partial charge in [-0.1, -0.05) is 11.8 Å². The van der Waals surface area contributed by atoms with E-state index in [1.807, 2.05) is 0 Å². The maximum absolute atomic E-state index is 12.8. The number of hydrogen-bond acceptors (Lipinski definition) is 8. The van der Waals surface area contributed by atoms with Gasteiger partial charge in [0.25, 0.3) is 11.5 Å². The second-order valence-electron chi connectivity index (χ2n) is 6.18. The summed E-state index contributed by atoms with van der Waals surface area (Å²) in [6, 6.07) is 4.77.